The van der Waals surface area contributed by atoms with E-state index in [1.807, 2.05) is 19.9 Å². The van der Waals surface area contributed by atoms with Gasteiger partial charge in [0, 0.05) is 16.8 Å². The van der Waals surface area contributed by atoms with Crippen LogP contribution in [0.25, 0.3) is 11.4 Å². The number of aromatic nitrogens is 2. The van der Waals surface area contributed by atoms with Gasteiger partial charge in [-0.05, 0) is 38.2 Å². The summed E-state index contributed by atoms with van der Waals surface area (Å²) in [6.07, 6.45) is 2.55. The zero-order chi connectivity index (χ0) is 12.7. The van der Waals surface area contributed by atoms with Crippen molar-refractivity contribution in [2.24, 2.45) is 0 Å². The van der Waals surface area contributed by atoms with Gasteiger partial charge in [-0.15, -0.1) is 0 Å². The first-order valence-corrected chi connectivity index (χ1v) is 6.37. The molecule has 2 N–H and O–H groups in total. The van der Waals surface area contributed by atoms with Crippen molar-refractivity contribution in [1.82, 2.24) is 9.97 Å². The summed E-state index contributed by atoms with van der Waals surface area (Å²) in [6, 6.07) is 8.40. The summed E-state index contributed by atoms with van der Waals surface area (Å²) in [7, 11) is 0. The standard InChI is InChI=1S/C15H17N3/c1-9-10(2)17-15(18-14(9)16)13-6-4-3-5-12(13)11-7-8-11/h3-6,11H,7-8H2,1-2H3,(H2,16,17,18). The largest absolute Gasteiger partial charge is 0.383 e. The third-order valence-corrected chi connectivity index (χ3v) is 3.65. The molecule has 2 aromatic rings. The molecule has 1 aliphatic rings. The molecule has 92 valence electrons. The second-order valence-corrected chi connectivity index (χ2v) is 5.00. The number of nitrogens with two attached hydrogens (primary N) is 1. The fourth-order valence-electron chi connectivity index (χ4n) is 2.22. The van der Waals surface area contributed by atoms with Crippen molar-refractivity contribution in [2.45, 2.75) is 32.6 Å². The Labute approximate surface area is 107 Å². The molecule has 0 amide bonds. The van der Waals surface area contributed by atoms with E-state index in [4.69, 9.17) is 5.73 Å². The van der Waals surface area contributed by atoms with E-state index in [2.05, 4.69) is 28.2 Å². The van der Waals surface area contributed by atoms with Gasteiger partial charge >= 0.3 is 0 Å². The minimum atomic E-state index is 0.586. The number of rotatable bonds is 2. The number of nitrogens with zero attached hydrogens (tertiary/aromatic N) is 2. The monoisotopic (exact) mass is 239 g/mol. The van der Waals surface area contributed by atoms with Gasteiger partial charge < -0.3 is 5.73 Å². The maximum absolute atomic E-state index is 5.95. The van der Waals surface area contributed by atoms with E-state index < -0.39 is 0 Å². The molecule has 1 aliphatic carbocycles. The van der Waals surface area contributed by atoms with Crippen molar-refractivity contribution in [2.75, 3.05) is 5.73 Å². The zero-order valence-corrected chi connectivity index (χ0v) is 10.8. The summed E-state index contributed by atoms with van der Waals surface area (Å²) >= 11 is 0. The van der Waals surface area contributed by atoms with E-state index in [1.54, 1.807) is 0 Å². The highest BCUT2D eigenvalue weighted by molar-refractivity contribution is 5.64. The van der Waals surface area contributed by atoms with Crippen LogP contribution in [-0.4, -0.2) is 9.97 Å². The molecule has 0 aliphatic heterocycles. The molecule has 1 fully saturated rings. The molecule has 0 bridgehead atoms. The van der Waals surface area contributed by atoms with Crippen molar-refractivity contribution in [1.29, 1.82) is 0 Å². The third kappa shape index (κ3) is 1.86. The minimum Gasteiger partial charge on any atom is -0.383 e. The summed E-state index contributed by atoms with van der Waals surface area (Å²) < 4.78 is 0. The van der Waals surface area contributed by atoms with Crippen LogP contribution in [0.4, 0.5) is 5.82 Å². The normalized spacial score (nSPS) is 14.8. The molecule has 0 saturated heterocycles. The molecule has 0 spiro atoms. The first-order valence-electron chi connectivity index (χ1n) is 6.37. The Morgan fingerprint density at radius 1 is 1.11 bits per heavy atom. The van der Waals surface area contributed by atoms with Crippen LogP contribution in [-0.2, 0) is 0 Å². The quantitative estimate of drug-likeness (QED) is 0.875. The lowest BCUT2D eigenvalue weighted by atomic mass is 10.0. The molecule has 3 nitrogen and oxygen atoms in total. The highest BCUT2D eigenvalue weighted by Crippen LogP contribution is 2.43. The van der Waals surface area contributed by atoms with E-state index in [1.165, 1.54) is 18.4 Å². The average Bonchev–Trinajstić information content (AvgIpc) is 3.19. The molecule has 0 unspecified atom stereocenters. The van der Waals surface area contributed by atoms with Gasteiger partial charge in [0.25, 0.3) is 0 Å². The summed E-state index contributed by atoms with van der Waals surface area (Å²) in [4.78, 5) is 9.02. The van der Waals surface area contributed by atoms with Gasteiger partial charge in [-0.3, -0.25) is 0 Å². The molecule has 1 heterocycles. The predicted octanol–water partition coefficient (Wildman–Crippen LogP) is 3.22. The molecular formula is C15H17N3. The minimum absolute atomic E-state index is 0.586. The number of nitrogen functional groups attached to an aromatic ring is 1. The first-order chi connectivity index (χ1) is 8.66. The van der Waals surface area contributed by atoms with Crippen LogP contribution in [0, 0.1) is 13.8 Å². The SMILES string of the molecule is Cc1nc(-c2ccccc2C2CC2)nc(N)c1C. The zero-order valence-electron chi connectivity index (χ0n) is 10.8. The maximum Gasteiger partial charge on any atom is 0.162 e. The van der Waals surface area contributed by atoms with E-state index in [0.717, 1.165) is 22.6 Å². The van der Waals surface area contributed by atoms with E-state index in [0.29, 0.717) is 11.7 Å². The van der Waals surface area contributed by atoms with Crippen LogP contribution in [0.3, 0.4) is 0 Å². The fraction of sp³-hybridized carbons (Fsp3) is 0.333. The van der Waals surface area contributed by atoms with Crippen LogP contribution < -0.4 is 5.73 Å². The Kier molecular flexibility index (Phi) is 2.54. The Hall–Kier alpha value is -1.90. The maximum atomic E-state index is 5.95. The van der Waals surface area contributed by atoms with Gasteiger partial charge in [-0.1, -0.05) is 24.3 Å². The number of hydrogen-bond acceptors (Lipinski definition) is 3. The molecular weight excluding hydrogens is 222 g/mol. The predicted molar refractivity (Wildman–Crippen MR) is 73.3 cm³/mol. The summed E-state index contributed by atoms with van der Waals surface area (Å²) in [5.41, 5.74) is 10.4. The number of anilines is 1. The van der Waals surface area contributed by atoms with Crippen molar-refractivity contribution in [3.63, 3.8) is 0 Å². The van der Waals surface area contributed by atoms with E-state index in [9.17, 15) is 0 Å². The summed E-state index contributed by atoms with van der Waals surface area (Å²) in [6.45, 7) is 3.94. The topological polar surface area (TPSA) is 51.8 Å². The van der Waals surface area contributed by atoms with Crippen LogP contribution >= 0.6 is 0 Å². The van der Waals surface area contributed by atoms with Crippen molar-refractivity contribution in [3.05, 3.63) is 41.1 Å². The van der Waals surface area contributed by atoms with Crippen molar-refractivity contribution in [3.8, 4) is 11.4 Å². The second-order valence-electron chi connectivity index (χ2n) is 5.00. The highest BCUT2D eigenvalue weighted by atomic mass is 15.0. The van der Waals surface area contributed by atoms with Crippen LogP contribution in [0.2, 0.25) is 0 Å². The highest BCUT2D eigenvalue weighted by Gasteiger charge is 2.26. The van der Waals surface area contributed by atoms with Gasteiger partial charge in [0.1, 0.15) is 5.82 Å². The van der Waals surface area contributed by atoms with Crippen molar-refractivity contribution < 1.29 is 0 Å². The van der Waals surface area contributed by atoms with Crippen LogP contribution in [0.15, 0.2) is 24.3 Å². The number of benzene rings is 1. The van der Waals surface area contributed by atoms with E-state index in [-0.39, 0.29) is 0 Å². The molecule has 0 radical (unpaired) electrons. The van der Waals surface area contributed by atoms with Gasteiger partial charge in [0.15, 0.2) is 5.82 Å². The molecule has 1 aromatic heterocycles. The summed E-state index contributed by atoms with van der Waals surface area (Å²) in [5, 5.41) is 0. The smallest absolute Gasteiger partial charge is 0.162 e. The lowest BCUT2D eigenvalue weighted by molar-refractivity contribution is 1.06. The molecule has 3 rings (SSSR count). The van der Waals surface area contributed by atoms with Gasteiger partial charge in [-0.25, -0.2) is 9.97 Å². The van der Waals surface area contributed by atoms with Gasteiger partial charge in [0.05, 0.1) is 0 Å². The molecule has 0 atom stereocenters. The number of hydrogen-bond donors (Lipinski definition) is 1. The van der Waals surface area contributed by atoms with Gasteiger partial charge in [0.2, 0.25) is 0 Å². The summed E-state index contributed by atoms with van der Waals surface area (Å²) in [5.74, 6) is 2.04. The lowest BCUT2D eigenvalue weighted by Crippen LogP contribution is -2.03. The lowest BCUT2D eigenvalue weighted by Gasteiger charge is -2.10. The molecule has 3 heteroatoms. The van der Waals surface area contributed by atoms with E-state index >= 15 is 0 Å². The Morgan fingerprint density at radius 2 is 1.83 bits per heavy atom. The Morgan fingerprint density at radius 3 is 2.50 bits per heavy atom. The third-order valence-electron chi connectivity index (χ3n) is 3.65. The van der Waals surface area contributed by atoms with Crippen LogP contribution in [0.5, 0.6) is 0 Å². The first kappa shape index (κ1) is 11.2. The fourth-order valence-corrected chi connectivity index (χ4v) is 2.22. The Balaban J connectivity index is 2.15. The average molecular weight is 239 g/mol. The second kappa shape index (κ2) is 4.09. The number of aryl methyl sites for hydroxylation is 1. The van der Waals surface area contributed by atoms with Crippen molar-refractivity contribution >= 4 is 5.82 Å². The molecule has 18 heavy (non-hydrogen) atoms. The molecule has 1 saturated carbocycles. The Bertz CT molecular complexity index is 577. The van der Waals surface area contributed by atoms with Gasteiger partial charge in [-0.2, -0.15) is 0 Å². The van der Waals surface area contributed by atoms with Crippen LogP contribution in [0.1, 0.15) is 35.6 Å². The molecule has 1 aromatic carbocycles.